The quantitative estimate of drug-likeness (QED) is 0.532. The molecule has 0 bridgehead atoms. The lowest BCUT2D eigenvalue weighted by atomic mass is 10.2. The molecule has 0 saturated carbocycles. The molecule has 2 aliphatic rings. The summed E-state index contributed by atoms with van der Waals surface area (Å²) >= 11 is 12.7. The van der Waals surface area contributed by atoms with E-state index in [1.807, 2.05) is 18.2 Å². The Morgan fingerprint density at radius 3 is 2.74 bits per heavy atom. The van der Waals surface area contributed by atoms with Crippen molar-refractivity contribution in [3.8, 4) is 11.3 Å². The van der Waals surface area contributed by atoms with Crippen molar-refractivity contribution in [2.45, 2.75) is 12.5 Å². The Morgan fingerprint density at radius 2 is 2.04 bits per heavy atom. The van der Waals surface area contributed by atoms with Crippen LogP contribution >= 0.6 is 35.6 Å². The molecule has 2 aromatic rings. The highest BCUT2D eigenvalue weighted by molar-refractivity contribution is 8.26. The maximum Gasteiger partial charge on any atom is 0.266 e. The Morgan fingerprint density at radius 1 is 1.26 bits per heavy atom. The fourth-order valence-corrected chi connectivity index (χ4v) is 6.45. The van der Waals surface area contributed by atoms with Crippen LogP contribution < -0.4 is 0 Å². The molecule has 9 heteroatoms. The van der Waals surface area contributed by atoms with Crippen molar-refractivity contribution in [1.29, 1.82) is 0 Å². The summed E-state index contributed by atoms with van der Waals surface area (Å²) in [5, 5.41) is 0.576. The van der Waals surface area contributed by atoms with Gasteiger partial charge in [-0.2, -0.15) is 0 Å². The third kappa shape index (κ3) is 3.71. The van der Waals surface area contributed by atoms with Gasteiger partial charge in [-0.1, -0.05) is 47.7 Å². The summed E-state index contributed by atoms with van der Waals surface area (Å²) < 4.78 is 29.6. The van der Waals surface area contributed by atoms with E-state index in [-0.39, 0.29) is 23.5 Å². The number of hydrogen-bond acceptors (Lipinski definition) is 6. The zero-order valence-electron chi connectivity index (χ0n) is 13.9. The van der Waals surface area contributed by atoms with Crippen LogP contribution in [0.2, 0.25) is 5.02 Å². The summed E-state index contributed by atoms with van der Waals surface area (Å²) in [6.45, 7) is 0. The largest absolute Gasteiger partial charge is 0.457 e. The Bertz CT molecular complexity index is 1070. The molecule has 1 amide bonds. The van der Waals surface area contributed by atoms with Gasteiger partial charge in [-0.05, 0) is 30.7 Å². The van der Waals surface area contributed by atoms with E-state index in [1.54, 1.807) is 24.3 Å². The van der Waals surface area contributed by atoms with Gasteiger partial charge in [0.25, 0.3) is 5.91 Å². The predicted octanol–water partition coefficient (Wildman–Crippen LogP) is 3.99. The molecule has 2 aliphatic heterocycles. The highest BCUT2D eigenvalue weighted by atomic mass is 35.5. The minimum atomic E-state index is -3.10. The first-order chi connectivity index (χ1) is 12.8. The van der Waals surface area contributed by atoms with Crippen molar-refractivity contribution in [3.63, 3.8) is 0 Å². The van der Waals surface area contributed by atoms with E-state index in [0.717, 1.165) is 17.3 Å². The topological polar surface area (TPSA) is 67.6 Å². The molecule has 1 aromatic heterocycles. The number of thioether (sulfide) groups is 1. The van der Waals surface area contributed by atoms with Crippen LogP contribution in [-0.4, -0.2) is 41.1 Å². The Kier molecular flexibility index (Phi) is 4.92. The van der Waals surface area contributed by atoms with Gasteiger partial charge in [-0.15, -0.1) is 0 Å². The van der Waals surface area contributed by atoms with Gasteiger partial charge in [0.1, 0.15) is 15.8 Å². The summed E-state index contributed by atoms with van der Waals surface area (Å²) in [5.41, 5.74) is 0.766. The first-order valence-corrected chi connectivity index (χ1v) is 11.6. The second-order valence-corrected chi connectivity index (χ2v) is 10.6. The maximum atomic E-state index is 12.7. The molecular formula is C18H14ClNO4S3. The van der Waals surface area contributed by atoms with Crippen LogP contribution in [-0.2, 0) is 14.6 Å². The van der Waals surface area contributed by atoms with E-state index in [2.05, 4.69) is 0 Å². The van der Waals surface area contributed by atoms with Crippen LogP contribution in [0.5, 0.6) is 0 Å². The molecule has 0 spiro atoms. The molecule has 0 radical (unpaired) electrons. The third-order valence-electron chi connectivity index (χ3n) is 4.44. The zero-order valence-corrected chi connectivity index (χ0v) is 17.1. The molecule has 5 nitrogen and oxygen atoms in total. The van der Waals surface area contributed by atoms with Gasteiger partial charge >= 0.3 is 0 Å². The van der Waals surface area contributed by atoms with Gasteiger partial charge < -0.3 is 4.42 Å². The minimum absolute atomic E-state index is 0.0376. The number of rotatable bonds is 3. The molecule has 140 valence electrons. The van der Waals surface area contributed by atoms with Crippen molar-refractivity contribution >= 4 is 61.7 Å². The molecule has 2 fully saturated rings. The molecule has 1 aromatic carbocycles. The van der Waals surface area contributed by atoms with E-state index in [1.165, 1.54) is 4.90 Å². The van der Waals surface area contributed by atoms with Crippen LogP contribution in [0, 0.1) is 0 Å². The van der Waals surface area contributed by atoms with E-state index < -0.39 is 9.84 Å². The van der Waals surface area contributed by atoms with Crippen LogP contribution in [0.3, 0.4) is 0 Å². The SMILES string of the molecule is O=C1/C(=C/c2ccc(-c3ccccc3Cl)o2)SC(=S)N1C1CCS(=O)(=O)C1. The number of furan rings is 1. The van der Waals surface area contributed by atoms with E-state index in [0.29, 0.717) is 32.2 Å². The lowest BCUT2D eigenvalue weighted by Gasteiger charge is -2.20. The summed E-state index contributed by atoms with van der Waals surface area (Å²) in [6, 6.07) is 10.5. The number of carbonyl (C=O) groups is 1. The monoisotopic (exact) mass is 439 g/mol. The zero-order chi connectivity index (χ0) is 19.2. The number of amides is 1. The third-order valence-corrected chi connectivity index (χ3v) is 7.85. The van der Waals surface area contributed by atoms with Crippen molar-refractivity contribution in [3.05, 3.63) is 52.1 Å². The molecule has 3 heterocycles. The predicted molar refractivity (Wildman–Crippen MR) is 111 cm³/mol. The normalized spacial score (nSPS) is 23.5. The number of nitrogens with zero attached hydrogens (tertiary/aromatic N) is 1. The number of hydrogen-bond donors (Lipinski definition) is 0. The van der Waals surface area contributed by atoms with Gasteiger partial charge in [-0.3, -0.25) is 9.69 Å². The van der Waals surface area contributed by atoms with Crippen LogP contribution in [0.25, 0.3) is 17.4 Å². The minimum Gasteiger partial charge on any atom is -0.457 e. The molecule has 0 N–H and O–H groups in total. The molecule has 0 aliphatic carbocycles. The Balaban J connectivity index is 1.58. The van der Waals surface area contributed by atoms with E-state index >= 15 is 0 Å². The van der Waals surface area contributed by atoms with Gasteiger partial charge in [0.05, 0.1) is 27.5 Å². The van der Waals surface area contributed by atoms with Crippen molar-refractivity contribution in [2.75, 3.05) is 11.5 Å². The van der Waals surface area contributed by atoms with Crippen LogP contribution in [0.15, 0.2) is 45.7 Å². The summed E-state index contributed by atoms with van der Waals surface area (Å²) in [6.07, 6.45) is 2.04. The van der Waals surface area contributed by atoms with Gasteiger partial charge in [0.15, 0.2) is 9.84 Å². The van der Waals surface area contributed by atoms with Crippen LogP contribution in [0.4, 0.5) is 0 Å². The van der Waals surface area contributed by atoms with Crippen molar-refractivity contribution in [2.24, 2.45) is 0 Å². The lowest BCUT2D eigenvalue weighted by Crippen LogP contribution is -2.39. The summed E-state index contributed by atoms with van der Waals surface area (Å²) in [7, 11) is -3.10. The fourth-order valence-electron chi connectivity index (χ4n) is 3.14. The highest BCUT2D eigenvalue weighted by Crippen LogP contribution is 2.37. The molecule has 2 saturated heterocycles. The number of halogens is 1. The molecular weight excluding hydrogens is 426 g/mol. The van der Waals surface area contributed by atoms with E-state index in [4.69, 9.17) is 28.2 Å². The number of thiocarbonyl (C=S) groups is 1. The van der Waals surface area contributed by atoms with Gasteiger partial charge in [0.2, 0.25) is 0 Å². The van der Waals surface area contributed by atoms with Crippen molar-refractivity contribution < 1.29 is 17.6 Å². The average molecular weight is 440 g/mol. The second-order valence-electron chi connectivity index (χ2n) is 6.29. The van der Waals surface area contributed by atoms with Crippen LogP contribution in [0.1, 0.15) is 12.2 Å². The second kappa shape index (κ2) is 7.09. The molecule has 27 heavy (non-hydrogen) atoms. The first kappa shape index (κ1) is 18.7. The number of sulfone groups is 1. The molecule has 4 rings (SSSR count). The van der Waals surface area contributed by atoms with Gasteiger partial charge in [-0.25, -0.2) is 8.42 Å². The smallest absolute Gasteiger partial charge is 0.266 e. The Hall–Kier alpha value is -1.61. The summed E-state index contributed by atoms with van der Waals surface area (Å²) in [4.78, 5) is 14.6. The summed E-state index contributed by atoms with van der Waals surface area (Å²) in [5.74, 6) is 0.883. The number of carbonyl (C=O) groups excluding carboxylic acids is 1. The highest BCUT2D eigenvalue weighted by Gasteiger charge is 2.42. The van der Waals surface area contributed by atoms with E-state index in [9.17, 15) is 13.2 Å². The first-order valence-electron chi connectivity index (χ1n) is 8.16. The fraction of sp³-hybridized carbons (Fsp3) is 0.222. The average Bonchev–Trinajstić information content (AvgIpc) is 3.27. The lowest BCUT2D eigenvalue weighted by molar-refractivity contribution is -0.123. The number of benzene rings is 1. The Labute approximate surface area is 171 Å². The molecule has 1 atom stereocenters. The molecule has 1 unspecified atom stereocenters. The van der Waals surface area contributed by atoms with Gasteiger partial charge in [0, 0.05) is 11.6 Å². The standard InChI is InChI=1S/C18H14ClNO4S3/c19-14-4-2-1-3-13(14)15-6-5-12(24-15)9-16-17(21)20(18(25)26-16)11-7-8-27(22,23)10-11/h1-6,9,11H,7-8,10H2/b16-9-. The van der Waals surface area contributed by atoms with Crippen molar-refractivity contribution in [1.82, 2.24) is 4.90 Å². The maximum absolute atomic E-state index is 12.7.